The number of halogens is 2. The number of esters is 1. The minimum absolute atomic E-state index is 0.173. The van der Waals surface area contributed by atoms with Crippen molar-refractivity contribution < 1.29 is 23.8 Å². The summed E-state index contributed by atoms with van der Waals surface area (Å²) in [4.78, 5) is 31.2. The maximum atomic E-state index is 13.0. The van der Waals surface area contributed by atoms with Gasteiger partial charge in [-0.15, -0.1) is 0 Å². The van der Waals surface area contributed by atoms with Gasteiger partial charge in [0.15, 0.2) is 16.7 Å². The number of aliphatic imine (C=N–C) groups is 1. The van der Waals surface area contributed by atoms with E-state index < -0.39 is 5.97 Å². The first-order valence-corrected chi connectivity index (χ1v) is 13.6. The van der Waals surface area contributed by atoms with Crippen LogP contribution in [0.15, 0.2) is 75.0 Å². The van der Waals surface area contributed by atoms with E-state index in [2.05, 4.69) is 20.9 Å². The van der Waals surface area contributed by atoms with Crippen molar-refractivity contribution in [1.82, 2.24) is 4.90 Å². The Kier molecular flexibility index (Phi) is 9.14. The lowest BCUT2D eigenvalue weighted by Crippen LogP contribution is -2.23. The third kappa shape index (κ3) is 6.40. The molecule has 196 valence electrons. The van der Waals surface area contributed by atoms with Crippen LogP contribution in [0, 0.1) is 0 Å². The maximum Gasteiger partial charge on any atom is 0.337 e. The molecular formula is C28H24BrClN2O5S. The van der Waals surface area contributed by atoms with Crippen LogP contribution in [0.4, 0.5) is 5.69 Å². The van der Waals surface area contributed by atoms with Gasteiger partial charge < -0.3 is 14.2 Å². The molecule has 0 bridgehead atoms. The number of methoxy groups -OCH3 is 1. The van der Waals surface area contributed by atoms with Gasteiger partial charge in [0.25, 0.3) is 5.91 Å². The number of nitrogens with zero attached hydrogens (tertiary/aromatic N) is 2. The number of ether oxygens (including phenoxy) is 3. The van der Waals surface area contributed by atoms with Crippen LogP contribution in [0.25, 0.3) is 6.08 Å². The first-order chi connectivity index (χ1) is 18.3. The van der Waals surface area contributed by atoms with Crippen LogP contribution in [0.3, 0.4) is 0 Å². The van der Waals surface area contributed by atoms with E-state index in [9.17, 15) is 9.59 Å². The van der Waals surface area contributed by atoms with Crippen LogP contribution < -0.4 is 9.47 Å². The summed E-state index contributed by atoms with van der Waals surface area (Å²) in [5, 5.41) is 1.15. The van der Waals surface area contributed by atoms with Crippen LogP contribution in [-0.4, -0.2) is 42.7 Å². The highest BCUT2D eigenvalue weighted by atomic mass is 79.9. The molecule has 10 heteroatoms. The predicted molar refractivity (Wildman–Crippen MR) is 154 cm³/mol. The summed E-state index contributed by atoms with van der Waals surface area (Å²) in [5.74, 6) is 0.501. The number of hydrogen-bond donors (Lipinski definition) is 0. The number of rotatable bonds is 8. The molecule has 1 saturated heterocycles. The van der Waals surface area contributed by atoms with E-state index in [1.54, 1.807) is 37.4 Å². The minimum Gasteiger partial charge on any atom is -0.490 e. The number of carbonyl (C=O) groups is 2. The van der Waals surface area contributed by atoms with Crippen LogP contribution >= 0.6 is 39.3 Å². The summed E-state index contributed by atoms with van der Waals surface area (Å²) in [6.45, 7) is 2.61. The third-order valence-corrected chi connectivity index (χ3v) is 7.49. The molecule has 1 heterocycles. The Morgan fingerprint density at radius 2 is 1.87 bits per heavy atom. The highest BCUT2D eigenvalue weighted by Gasteiger charge is 2.30. The van der Waals surface area contributed by atoms with E-state index in [4.69, 9.17) is 25.8 Å². The second-order valence-corrected chi connectivity index (χ2v) is 10.3. The Balaban J connectivity index is 1.57. The Bertz CT molecular complexity index is 1430. The summed E-state index contributed by atoms with van der Waals surface area (Å²) >= 11 is 11.1. The second kappa shape index (κ2) is 12.5. The molecule has 1 fully saturated rings. The molecule has 0 aliphatic carbocycles. The predicted octanol–water partition coefficient (Wildman–Crippen LogP) is 7.10. The summed E-state index contributed by atoms with van der Waals surface area (Å²) < 4.78 is 17.3. The van der Waals surface area contributed by atoms with Crippen molar-refractivity contribution in [2.24, 2.45) is 4.99 Å². The number of likely N-dealkylation sites (N-methyl/N-ethyl adjacent to an activating group) is 1. The number of thioether (sulfide) groups is 1. The Morgan fingerprint density at radius 3 is 2.55 bits per heavy atom. The van der Waals surface area contributed by atoms with E-state index >= 15 is 0 Å². The van der Waals surface area contributed by atoms with Crippen LogP contribution in [0.1, 0.15) is 28.4 Å². The lowest BCUT2D eigenvalue weighted by Gasteiger charge is -2.15. The summed E-state index contributed by atoms with van der Waals surface area (Å²) in [5.41, 5.74) is 2.66. The molecule has 0 N–H and O–H groups in total. The van der Waals surface area contributed by atoms with Crippen molar-refractivity contribution in [2.45, 2.75) is 13.5 Å². The monoisotopic (exact) mass is 614 g/mol. The molecule has 0 spiro atoms. The zero-order chi connectivity index (χ0) is 27.2. The average Bonchev–Trinajstić information content (AvgIpc) is 3.16. The van der Waals surface area contributed by atoms with Gasteiger partial charge in [-0.2, -0.15) is 0 Å². The van der Waals surface area contributed by atoms with E-state index in [0.717, 1.165) is 11.1 Å². The molecule has 1 amide bonds. The molecule has 0 unspecified atom stereocenters. The molecule has 0 radical (unpaired) electrons. The van der Waals surface area contributed by atoms with E-state index in [-0.39, 0.29) is 12.5 Å². The van der Waals surface area contributed by atoms with Crippen molar-refractivity contribution >= 4 is 68.1 Å². The number of hydrogen-bond acceptors (Lipinski definition) is 7. The molecule has 0 saturated carbocycles. The summed E-state index contributed by atoms with van der Waals surface area (Å²) in [6, 6.07) is 17.9. The molecular weight excluding hydrogens is 592 g/mol. The minimum atomic E-state index is -0.421. The lowest BCUT2D eigenvalue weighted by atomic mass is 10.1. The van der Waals surface area contributed by atoms with Gasteiger partial charge in [-0.1, -0.05) is 29.8 Å². The Morgan fingerprint density at radius 1 is 1.13 bits per heavy atom. The van der Waals surface area contributed by atoms with Gasteiger partial charge in [-0.05, 0) is 88.7 Å². The number of amidine groups is 1. The maximum absolute atomic E-state index is 13.0. The molecule has 0 aromatic heterocycles. The molecule has 4 rings (SSSR count). The molecule has 1 aliphatic rings. The van der Waals surface area contributed by atoms with Crippen molar-refractivity contribution in [2.75, 3.05) is 20.8 Å². The van der Waals surface area contributed by atoms with Gasteiger partial charge in [0.05, 0.1) is 34.3 Å². The van der Waals surface area contributed by atoms with E-state index in [1.165, 1.54) is 23.8 Å². The van der Waals surface area contributed by atoms with Gasteiger partial charge in [0.2, 0.25) is 0 Å². The molecule has 0 atom stereocenters. The largest absolute Gasteiger partial charge is 0.490 e. The normalized spacial score (nSPS) is 15.3. The fourth-order valence-electron chi connectivity index (χ4n) is 3.54. The first kappa shape index (κ1) is 27.8. The molecule has 38 heavy (non-hydrogen) atoms. The number of amides is 1. The van der Waals surface area contributed by atoms with E-state index in [1.807, 2.05) is 43.3 Å². The van der Waals surface area contributed by atoms with Crippen molar-refractivity contribution in [1.29, 1.82) is 0 Å². The van der Waals surface area contributed by atoms with Crippen molar-refractivity contribution in [3.8, 4) is 11.5 Å². The smallest absolute Gasteiger partial charge is 0.337 e. The zero-order valence-corrected chi connectivity index (χ0v) is 24.0. The standard InChI is InChI=1S/C28H24BrClN2O5S/c1-4-36-23-14-17(13-21(29)25(23)37-16-19-7-5-6-8-22(19)30)15-24-26(33)32(2)28(38-24)31-20-11-9-18(10-12-20)27(34)35-3/h5-15H,4,16H2,1-3H3/b24-15-,31-28?. The Hall–Kier alpha value is -3.27. The fourth-order valence-corrected chi connectivity index (χ4v) is 5.29. The van der Waals surface area contributed by atoms with Gasteiger partial charge in [0, 0.05) is 17.6 Å². The number of benzene rings is 3. The van der Waals surface area contributed by atoms with Gasteiger partial charge in [0.1, 0.15) is 6.61 Å². The van der Waals surface area contributed by atoms with E-state index in [0.29, 0.717) is 48.9 Å². The first-order valence-electron chi connectivity index (χ1n) is 11.6. The van der Waals surface area contributed by atoms with Crippen LogP contribution in [-0.2, 0) is 16.1 Å². The van der Waals surface area contributed by atoms with Crippen LogP contribution in [0.5, 0.6) is 11.5 Å². The second-order valence-electron chi connectivity index (χ2n) is 8.05. The Labute approximate surface area is 238 Å². The molecule has 7 nitrogen and oxygen atoms in total. The summed E-state index contributed by atoms with van der Waals surface area (Å²) in [7, 11) is 3.00. The highest BCUT2D eigenvalue weighted by molar-refractivity contribution is 9.10. The van der Waals surface area contributed by atoms with Gasteiger partial charge in [-0.3, -0.25) is 9.69 Å². The van der Waals surface area contributed by atoms with Crippen molar-refractivity contribution in [3.05, 3.63) is 91.8 Å². The fraction of sp³-hybridized carbons (Fsp3) is 0.179. The van der Waals surface area contributed by atoms with Gasteiger partial charge >= 0.3 is 5.97 Å². The van der Waals surface area contributed by atoms with Gasteiger partial charge in [-0.25, -0.2) is 9.79 Å². The molecule has 1 aliphatic heterocycles. The SMILES string of the molecule is CCOc1cc(/C=C2\SC(=Nc3ccc(C(=O)OC)cc3)N(C)C2=O)cc(Br)c1OCc1ccccc1Cl. The average molecular weight is 616 g/mol. The van der Waals surface area contributed by atoms with Crippen molar-refractivity contribution in [3.63, 3.8) is 0 Å². The lowest BCUT2D eigenvalue weighted by molar-refractivity contribution is -0.121. The quantitative estimate of drug-likeness (QED) is 0.199. The molecule has 3 aromatic carbocycles. The molecule has 3 aromatic rings. The highest BCUT2D eigenvalue weighted by Crippen LogP contribution is 2.40. The number of carbonyl (C=O) groups excluding carboxylic acids is 2. The third-order valence-electron chi connectivity index (χ3n) is 5.48. The topological polar surface area (TPSA) is 77.4 Å². The van der Waals surface area contributed by atoms with Crippen LogP contribution in [0.2, 0.25) is 5.02 Å². The summed E-state index contributed by atoms with van der Waals surface area (Å²) in [6.07, 6.45) is 1.79. The zero-order valence-electron chi connectivity index (χ0n) is 20.9.